The van der Waals surface area contributed by atoms with Gasteiger partial charge in [0.25, 0.3) is 11.8 Å². The summed E-state index contributed by atoms with van der Waals surface area (Å²) in [6, 6.07) is 24.8. The first kappa shape index (κ1) is 52.7. The molecule has 4 atom stereocenters. The lowest BCUT2D eigenvalue weighted by Crippen LogP contribution is -2.41. The summed E-state index contributed by atoms with van der Waals surface area (Å²) < 4.78 is 21.2. The van der Waals surface area contributed by atoms with E-state index in [2.05, 4.69) is 56.1 Å². The standard InChI is InChI=1S/C21H20BrNO7.C13H15NO5.C8H7BrO3.C4H8O/c1-27-20(25)14-8-9-18(16(22)10-14)29-15-11-17(21(26)30-28-2)23(12-15)19(24)13-6-4-3-5-7-13;1-18-19-13(17)11-7-10(15)8-14(11)12(16)9-5-3-2-4-6-9;1-12-8(11)5-2-3-7(10)6(9)4-5;1-2-4-5-3-1/h3-10,15,17H,11-12H2,1-2H3;2-6,10-11,15H,7-8H2,1H3;2-4,10H,1H3;1-4H2/t15-,17-;10-,11+;;/m01../s1. The molecule has 0 bridgehead atoms. The molecule has 354 valence electrons. The predicted molar refractivity (Wildman–Crippen MR) is 241 cm³/mol. The van der Waals surface area contributed by atoms with Gasteiger partial charge in [0, 0.05) is 43.7 Å². The predicted octanol–water partition coefficient (Wildman–Crippen LogP) is 6.11. The van der Waals surface area contributed by atoms with Crippen LogP contribution in [-0.4, -0.2) is 135 Å². The Hall–Kier alpha value is -5.90. The van der Waals surface area contributed by atoms with Crippen LogP contribution >= 0.6 is 31.9 Å². The number of hydrogen-bond acceptors (Lipinski definition) is 16. The molecule has 0 spiro atoms. The molecule has 4 aromatic rings. The molecular formula is C46H50Br2N2O16. The molecule has 3 heterocycles. The van der Waals surface area contributed by atoms with Crippen molar-refractivity contribution < 1.29 is 77.5 Å². The fraction of sp³-hybridized carbons (Fsp3) is 0.348. The van der Waals surface area contributed by atoms with Gasteiger partial charge in [-0.1, -0.05) is 36.4 Å². The zero-order valence-electron chi connectivity index (χ0n) is 36.5. The third-order valence-corrected chi connectivity index (χ3v) is 11.1. The largest absolute Gasteiger partial charge is 0.507 e. The number of methoxy groups -OCH3 is 2. The number of hydrogen-bond donors (Lipinski definition) is 2. The van der Waals surface area contributed by atoms with Gasteiger partial charge in [-0.05, 0) is 105 Å². The SMILES string of the molecule is C1CCOC1.COC(=O)c1ccc(O)c(Br)c1.COOC(=O)[C@@H]1C[C@@H](O)CN1C(=O)c1ccccc1.COOC(=O)[C@@H]1C[C@H](Oc2ccc(C(=O)OC)cc2Br)CN1C(=O)c1ccccc1. The quantitative estimate of drug-likeness (QED) is 0.104. The number of amides is 2. The summed E-state index contributed by atoms with van der Waals surface area (Å²) in [5, 5.41) is 18.7. The number of rotatable bonds is 10. The molecule has 0 radical (unpaired) electrons. The summed E-state index contributed by atoms with van der Waals surface area (Å²) in [6.45, 7) is 2.29. The molecule has 20 heteroatoms. The van der Waals surface area contributed by atoms with Crippen LogP contribution in [-0.2, 0) is 43.3 Å². The van der Waals surface area contributed by atoms with E-state index in [-0.39, 0.29) is 43.5 Å². The van der Waals surface area contributed by atoms with Crippen LogP contribution in [0.4, 0.5) is 0 Å². The number of halogens is 2. The average Bonchev–Trinajstić information content (AvgIpc) is 4.14. The maximum Gasteiger partial charge on any atom is 0.364 e. The maximum absolute atomic E-state index is 12.9. The van der Waals surface area contributed by atoms with Crippen molar-refractivity contribution >= 4 is 67.6 Å². The molecule has 4 aromatic carbocycles. The van der Waals surface area contributed by atoms with Crippen molar-refractivity contribution in [1.29, 1.82) is 0 Å². The Morgan fingerprint density at radius 1 is 0.606 bits per heavy atom. The number of phenols is 1. The van der Waals surface area contributed by atoms with E-state index in [9.17, 15) is 33.9 Å². The van der Waals surface area contributed by atoms with Gasteiger partial charge in [-0.3, -0.25) is 19.4 Å². The summed E-state index contributed by atoms with van der Waals surface area (Å²) in [5.74, 6) is -2.28. The smallest absolute Gasteiger partial charge is 0.364 e. The van der Waals surface area contributed by atoms with Crippen LogP contribution in [0.15, 0.2) is 106 Å². The number of nitrogens with zero attached hydrogens (tertiary/aromatic N) is 2. The number of aliphatic hydroxyl groups is 1. The Balaban J connectivity index is 0.000000223. The molecule has 3 aliphatic heterocycles. The molecule has 3 aliphatic rings. The van der Waals surface area contributed by atoms with E-state index in [1.54, 1.807) is 78.9 Å². The summed E-state index contributed by atoms with van der Waals surface area (Å²) >= 11 is 6.46. The monoisotopic (exact) mass is 1040 g/mol. The normalized spacial score (nSPS) is 18.2. The zero-order valence-corrected chi connectivity index (χ0v) is 39.6. The van der Waals surface area contributed by atoms with Gasteiger partial charge in [-0.15, -0.1) is 0 Å². The zero-order chi connectivity index (χ0) is 48.2. The fourth-order valence-corrected chi connectivity index (χ4v) is 7.49. The molecule has 2 N–H and O–H groups in total. The van der Waals surface area contributed by atoms with Crippen molar-refractivity contribution in [3.8, 4) is 11.5 Å². The third kappa shape index (κ3) is 15.3. The number of carbonyl (C=O) groups excluding carboxylic acids is 6. The Labute approximate surface area is 397 Å². The molecule has 0 aliphatic carbocycles. The Bertz CT molecular complexity index is 2240. The Morgan fingerprint density at radius 3 is 1.52 bits per heavy atom. The molecule has 7 rings (SSSR count). The molecule has 0 aromatic heterocycles. The maximum atomic E-state index is 12.9. The van der Waals surface area contributed by atoms with E-state index in [0.29, 0.717) is 36.9 Å². The first-order valence-electron chi connectivity index (χ1n) is 20.3. The van der Waals surface area contributed by atoms with Gasteiger partial charge in [0.2, 0.25) is 0 Å². The van der Waals surface area contributed by atoms with Gasteiger partial charge in [0.05, 0.1) is 61.2 Å². The lowest BCUT2D eigenvalue weighted by atomic mass is 10.1. The number of benzene rings is 4. The number of esters is 2. The van der Waals surface area contributed by atoms with Crippen molar-refractivity contribution in [2.24, 2.45) is 0 Å². The van der Waals surface area contributed by atoms with Crippen molar-refractivity contribution in [2.45, 2.75) is 50.0 Å². The van der Waals surface area contributed by atoms with Gasteiger partial charge >= 0.3 is 23.9 Å². The van der Waals surface area contributed by atoms with Crippen LogP contribution in [0.5, 0.6) is 11.5 Å². The number of likely N-dealkylation sites (tertiary alicyclic amines) is 2. The van der Waals surface area contributed by atoms with E-state index in [0.717, 1.165) is 13.2 Å². The highest BCUT2D eigenvalue weighted by molar-refractivity contribution is 9.11. The number of carbonyl (C=O) groups is 6. The van der Waals surface area contributed by atoms with Crippen LogP contribution in [0.3, 0.4) is 0 Å². The highest BCUT2D eigenvalue weighted by atomic mass is 79.9. The first-order valence-corrected chi connectivity index (χ1v) is 21.9. The second-order valence-corrected chi connectivity index (χ2v) is 16.0. The van der Waals surface area contributed by atoms with Crippen LogP contribution in [0, 0.1) is 0 Å². The molecule has 3 fully saturated rings. The molecule has 18 nitrogen and oxygen atoms in total. The van der Waals surface area contributed by atoms with Crippen molar-refractivity contribution in [1.82, 2.24) is 9.80 Å². The van der Waals surface area contributed by atoms with Crippen LogP contribution in [0.1, 0.15) is 67.1 Å². The topological polar surface area (TPSA) is 223 Å². The van der Waals surface area contributed by atoms with Gasteiger partial charge < -0.3 is 39.0 Å². The van der Waals surface area contributed by atoms with E-state index in [4.69, 9.17) is 19.3 Å². The number of aliphatic hydroxyl groups excluding tert-OH is 1. The minimum atomic E-state index is -0.851. The second-order valence-electron chi connectivity index (χ2n) is 14.3. The van der Waals surface area contributed by atoms with Crippen molar-refractivity contribution in [2.75, 3.05) is 54.7 Å². The minimum Gasteiger partial charge on any atom is -0.507 e. The molecular weight excluding hydrogens is 996 g/mol. The van der Waals surface area contributed by atoms with E-state index >= 15 is 0 Å². The molecule has 66 heavy (non-hydrogen) atoms. The number of phenolic OH excluding ortho intramolecular Hbond substituents is 1. The van der Waals surface area contributed by atoms with Crippen molar-refractivity contribution in [3.05, 3.63) is 128 Å². The lowest BCUT2D eigenvalue weighted by molar-refractivity contribution is -0.258. The highest BCUT2D eigenvalue weighted by Gasteiger charge is 2.43. The first-order chi connectivity index (χ1) is 31.7. The molecule has 2 amide bonds. The fourth-order valence-electron chi connectivity index (χ4n) is 6.64. The van der Waals surface area contributed by atoms with E-state index in [1.165, 1.54) is 69.3 Å². The number of β-amino-alcohol motifs (C(OH)–C–C–N with tert-alkyl or cyclic N) is 1. The third-order valence-electron chi connectivity index (χ3n) is 9.82. The van der Waals surface area contributed by atoms with Gasteiger partial charge in [0.15, 0.2) is 0 Å². The van der Waals surface area contributed by atoms with E-state index < -0.39 is 48.2 Å². The molecule has 0 saturated carbocycles. The Kier molecular flexibility index (Phi) is 21.5. The van der Waals surface area contributed by atoms with Crippen molar-refractivity contribution in [3.63, 3.8) is 0 Å². The summed E-state index contributed by atoms with van der Waals surface area (Å²) in [5.41, 5.74) is 1.69. The second kappa shape index (κ2) is 26.9. The summed E-state index contributed by atoms with van der Waals surface area (Å²) in [7, 11) is 5.05. The average molecular weight is 1050 g/mol. The van der Waals surface area contributed by atoms with Gasteiger partial charge in [-0.25, -0.2) is 19.2 Å². The lowest BCUT2D eigenvalue weighted by Gasteiger charge is -2.22. The Morgan fingerprint density at radius 2 is 1.08 bits per heavy atom. The minimum absolute atomic E-state index is 0.0997. The van der Waals surface area contributed by atoms with Crippen LogP contribution in [0.25, 0.3) is 0 Å². The molecule has 0 unspecified atom stereocenters. The van der Waals surface area contributed by atoms with E-state index in [1.807, 2.05) is 0 Å². The molecule has 3 saturated heterocycles. The summed E-state index contributed by atoms with van der Waals surface area (Å²) in [6.07, 6.45) is 1.74. The summed E-state index contributed by atoms with van der Waals surface area (Å²) in [4.78, 5) is 92.5. The number of ether oxygens (including phenoxy) is 4. The van der Waals surface area contributed by atoms with Crippen LogP contribution < -0.4 is 4.74 Å². The highest BCUT2D eigenvalue weighted by Crippen LogP contribution is 2.32. The number of aromatic hydroxyl groups is 1. The van der Waals surface area contributed by atoms with Crippen LogP contribution in [0.2, 0.25) is 0 Å². The van der Waals surface area contributed by atoms with Gasteiger partial charge in [-0.2, -0.15) is 9.78 Å². The van der Waals surface area contributed by atoms with Gasteiger partial charge in [0.1, 0.15) is 29.7 Å².